The number of aliphatic hydroxyl groups excluding tert-OH is 2. The van der Waals surface area contributed by atoms with Crippen LogP contribution in [0.25, 0.3) is 11.2 Å². The second kappa shape index (κ2) is 9.25. The van der Waals surface area contributed by atoms with Crippen LogP contribution in [0, 0.1) is 0 Å². The number of hydrogen-bond donors (Lipinski definition) is 3. The van der Waals surface area contributed by atoms with E-state index in [-0.39, 0.29) is 5.82 Å². The average molecular weight is 428 g/mol. The molecule has 2 aromatic heterocycles. The maximum absolute atomic E-state index is 10.6. The van der Waals surface area contributed by atoms with Crippen molar-refractivity contribution in [3.8, 4) is 0 Å². The van der Waals surface area contributed by atoms with Crippen LogP contribution in [0.1, 0.15) is 11.8 Å². The van der Waals surface area contributed by atoms with E-state index in [1.165, 1.54) is 18.2 Å². The number of fused-ring (bicyclic) bond motifs is 1. The van der Waals surface area contributed by atoms with Crippen molar-refractivity contribution in [1.29, 1.82) is 0 Å². The van der Waals surface area contributed by atoms with Gasteiger partial charge in [-0.2, -0.15) is 0 Å². The summed E-state index contributed by atoms with van der Waals surface area (Å²) in [6, 6.07) is 10.3. The van der Waals surface area contributed by atoms with Crippen molar-refractivity contribution >= 4 is 17.0 Å². The normalized spacial score (nSPS) is 23.9. The lowest BCUT2D eigenvalue weighted by atomic mass is 10.1. The van der Waals surface area contributed by atoms with Crippen molar-refractivity contribution < 1.29 is 14.9 Å². The van der Waals surface area contributed by atoms with E-state index in [0.29, 0.717) is 17.7 Å². The third kappa shape index (κ3) is 4.68. The predicted octanol–water partition coefficient (Wildman–Crippen LogP) is 0.0915. The number of ether oxygens (including phenoxy) is 1. The van der Waals surface area contributed by atoms with Gasteiger partial charge in [-0.3, -0.25) is 4.57 Å². The van der Waals surface area contributed by atoms with Crippen LogP contribution >= 0.6 is 0 Å². The van der Waals surface area contributed by atoms with Gasteiger partial charge in [0, 0.05) is 26.2 Å². The Morgan fingerprint density at radius 1 is 1.03 bits per heavy atom. The minimum absolute atomic E-state index is 0.257. The molecule has 10 heteroatoms. The Hall–Kier alpha value is -2.63. The molecule has 4 N–H and O–H groups in total. The first-order chi connectivity index (χ1) is 14.9. The molecule has 0 aliphatic carbocycles. The van der Waals surface area contributed by atoms with Crippen molar-refractivity contribution in [2.45, 2.75) is 31.1 Å². The van der Waals surface area contributed by atoms with Crippen LogP contribution in [-0.4, -0.2) is 91.6 Å². The van der Waals surface area contributed by atoms with Gasteiger partial charge in [-0.25, -0.2) is 15.0 Å². The van der Waals surface area contributed by atoms with E-state index >= 15 is 0 Å². The molecule has 0 unspecified atom stereocenters. The second-order valence-electron chi connectivity index (χ2n) is 8.11. The first-order valence-electron chi connectivity index (χ1n) is 10.3. The quantitative estimate of drug-likeness (QED) is 0.458. The van der Waals surface area contributed by atoms with Crippen LogP contribution in [0.5, 0.6) is 0 Å². The molecule has 1 saturated heterocycles. The molecule has 0 bridgehead atoms. The number of likely N-dealkylation sites (N-methyl/N-ethyl adjacent to an activating group) is 2. The highest BCUT2D eigenvalue weighted by Crippen LogP contribution is 2.32. The summed E-state index contributed by atoms with van der Waals surface area (Å²) in [7, 11) is 4.06. The van der Waals surface area contributed by atoms with Gasteiger partial charge in [0.2, 0.25) is 0 Å². The van der Waals surface area contributed by atoms with Crippen LogP contribution in [0.15, 0.2) is 43.0 Å². The minimum atomic E-state index is -1.10. The van der Waals surface area contributed by atoms with Crippen LogP contribution in [-0.2, 0) is 11.3 Å². The third-order valence-electron chi connectivity index (χ3n) is 5.65. The molecule has 1 aliphatic heterocycles. The first kappa shape index (κ1) is 21.6. The molecule has 0 saturated carbocycles. The maximum atomic E-state index is 10.6. The monoisotopic (exact) mass is 427 g/mol. The summed E-state index contributed by atoms with van der Waals surface area (Å²) in [4.78, 5) is 16.7. The zero-order chi connectivity index (χ0) is 22.0. The van der Waals surface area contributed by atoms with E-state index in [4.69, 9.17) is 10.5 Å². The van der Waals surface area contributed by atoms with Gasteiger partial charge in [0.25, 0.3) is 0 Å². The lowest BCUT2D eigenvalue weighted by Gasteiger charge is -2.25. The number of nitrogen functional groups attached to an aromatic ring is 1. The summed E-state index contributed by atoms with van der Waals surface area (Å²) in [5.74, 6) is 0.257. The Morgan fingerprint density at radius 3 is 2.55 bits per heavy atom. The molecule has 4 rings (SSSR count). The molecule has 1 aliphatic rings. The van der Waals surface area contributed by atoms with Gasteiger partial charge in [0.15, 0.2) is 17.7 Å². The fourth-order valence-electron chi connectivity index (χ4n) is 3.88. The number of anilines is 1. The Kier molecular flexibility index (Phi) is 6.44. The minimum Gasteiger partial charge on any atom is -0.387 e. The first-order valence-corrected chi connectivity index (χ1v) is 10.3. The molecule has 10 nitrogen and oxygen atoms in total. The smallest absolute Gasteiger partial charge is 0.167 e. The Bertz CT molecular complexity index is 999. The van der Waals surface area contributed by atoms with Crippen molar-refractivity contribution in [3.05, 3.63) is 48.5 Å². The number of aliphatic hydroxyl groups is 2. The Balaban J connectivity index is 1.34. The molecule has 3 heterocycles. The molecule has 4 atom stereocenters. The third-order valence-corrected chi connectivity index (χ3v) is 5.65. The number of nitrogens with zero attached hydrogens (tertiary/aromatic N) is 6. The lowest BCUT2D eigenvalue weighted by Crippen LogP contribution is -2.40. The number of nitrogens with two attached hydrogens (primary N) is 1. The van der Waals surface area contributed by atoms with E-state index in [9.17, 15) is 10.2 Å². The van der Waals surface area contributed by atoms with Gasteiger partial charge in [-0.05, 0) is 19.7 Å². The number of benzene rings is 1. The van der Waals surface area contributed by atoms with Crippen LogP contribution in [0.2, 0.25) is 0 Å². The zero-order valence-corrected chi connectivity index (χ0v) is 17.7. The summed E-state index contributed by atoms with van der Waals surface area (Å²) >= 11 is 0. The summed E-state index contributed by atoms with van der Waals surface area (Å²) in [6.45, 7) is 3.02. The number of hydrogen-bond acceptors (Lipinski definition) is 9. The molecule has 166 valence electrons. The molecule has 0 radical (unpaired) electrons. The van der Waals surface area contributed by atoms with Gasteiger partial charge in [0.1, 0.15) is 30.2 Å². The Morgan fingerprint density at radius 2 is 1.77 bits per heavy atom. The molecule has 1 aromatic carbocycles. The topological polar surface area (TPSA) is 126 Å². The highest BCUT2D eigenvalue weighted by Gasteiger charge is 2.44. The molecule has 1 fully saturated rings. The molecular weight excluding hydrogens is 398 g/mol. The lowest BCUT2D eigenvalue weighted by molar-refractivity contribution is -0.0424. The van der Waals surface area contributed by atoms with Gasteiger partial charge in [0.05, 0.1) is 6.33 Å². The van der Waals surface area contributed by atoms with E-state index in [0.717, 1.165) is 19.6 Å². The summed E-state index contributed by atoms with van der Waals surface area (Å²) in [6.07, 6.45) is -0.625. The molecule has 0 spiro atoms. The second-order valence-corrected chi connectivity index (χ2v) is 8.11. The largest absolute Gasteiger partial charge is 0.387 e. The van der Waals surface area contributed by atoms with E-state index in [2.05, 4.69) is 43.9 Å². The molecule has 31 heavy (non-hydrogen) atoms. The van der Waals surface area contributed by atoms with Crippen molar-refractivity contribution in [3.63, 3.8) is 0 Å². The van der Waals surface area contributed by atoms with E-state index < -0.39 is 24.5 Å². The fourth-order valence-corrected chi connectivity index (χ4v) is 3.88. The highest BCUT2D eigenvalue weighted by atomic mass is 16.6. The van der Waals surface area contributed by atoms with E-state index in [1.54, 1.807) is 4.57 Å². The van der Waals surface area contributed by atoms with Crippen molar-refractivity contribution in [1.82, 2.24) is 29.3 Å². The standard InChI is InChI=1S/C21H29N7O3/c1-26(10-14-6-4-3-5-7-14)8-9-27(2)11-15-17(29)18(30)21(31-15)28-13-25-16-19(22)23-12-24-20(16)28/h3-7,12-13,15,17-18,21,29-30H,8-11H2,1-2H3,(H2,22,23,24)/t15-,17-,18-,21-/m1/s1. The molecule has 3 aromatic rings. The average Bonchev–Trinajstić information content (AvgIpc) is 3.30. The van der Waals surface area contributed by atoms with Crippen molar-refractivity contribution in [2.75, 3.05) is 39.5 Å². The van der Waals surface area contributed by atoms with Crippen LogP contribution in [0.4, 0.5) is 5.82 Å². The van der Waals surface area contributed by atoms with Crippen LogP contribution < -0.4 is 5.73 Å². The van der Waals surface area contributed by atoms with E-state index in [1.807, 2.05) is 25.2 Å². The number of imidazole rings is 1. The number of rotatable bonds is 8. The molecule has 0 amide bonds. The highest BCUT2D eigenvalue weighted by molar-refractivity contribution is 5.81. The maximum Gasteiger partial charge on any atom is 0.167 e. The Labute approximate surface area is 180 Å². The van der Waals surface area contributed by atoms with Gasteiger partial charge >= 0.3 is 0 Å². The SMILES string of the molecule is CN(CCN(C)C[C@H]1O[C@@H](n2cnc3c(N)ncnc32)[C@H](O)[C@@H]1O)Cc1ccccc1. The van der Waals surface area contributed by atoms with Gasteiger partial charge < -0.3 is 30.5 Å². The zero-order valence-electron chi connectivity index (χ0n) is 17.7. The predicted molar refractivity (Wildman–Crippen MR) is 116 cm³/mol. The summed E-state index contributed by atoms with van der Waals surface area (Å²) in [5, 5.41) is 21.2. The van der Waals surface area contributed by atoms with Crippen LogP contribution in [0.3, 0.4) is 0 Å². The van der Waals surface area contributed by atoms with Crippen molar-refractivity contribution in [2.24, 2.45) is 0 Å². The summed E-state index contributed by atoms with van der Waals surface area (Å²) < 4.78 is 7.61. The number of aromatic nitrogens is 4. The fraction of sp³-hybridized carbons (Fsp3) is 0.476. The summed E-state index contributed by atoms with van der Waals surface area (Å²) in [5.41, 5.74) is 8.01. The van der Waals surface area contributed by atoms with Gasteiger partial charge in [-0.15, -0.1) is 0 Å². The molecular formula is C21H29N7O3. The van der Waals surface area contributed by atoms with Gasteiger partial charge in [-0.1, -0.05) is 30.3 Å².